The Kier molecular flexibility index (Phi) is 5.77. The predicted molar refractivity (Wildman–Crippen MR) is 57.8 cm³/mol. The SMILES string of the molecule is CCOC(=O)C(N)C(C(C)C)C(C)C. The Morgan fingerprint density at radius 1 is 1.21 bits per heavy atom. The zero-order chi connectivity index (χ0) is 11.3. The fourth-order valence-corrected chi connectivity index (χ4v) is 1.99. The molecule has 2 N–H and O–H groups in total. The maximum Gasteiger partial charge on any atom is 0.323 e. The van der Waals surface area contributed by atoms with Crippen LogP contribution in [0.2, 0.25) is 0 Å². The molecule has 0 aromatic carbocycles. The summed E-state index contributed by atoms with van der Waals surface area (Å²) in [5.74, 6) is 0.706. The Hall–Kier alpha value is -0.570. The van der Waals surface area contributed by atoms with E-state index in [1.54, 1.807) is 6.92 Å². The molecule has 0 aromatic rings. The van der Waals surface area contributed by atoms with Crippen molar-refractivity contribution in [1.82, 2.24) is 0 Å². The molecule has 0 spiro atoms. The van der Waals surface area contributed by atoms with Crippen molar-refractivity contribution in [3.8, 4) is 0 Å². The predicted octanol–water partition coefficient (Wildman–Crippen LogP) is 1.80. The lowest BCUT2D eigenvalue weighted by Crippen LogP contribution is -2.44. The van der Waals surface area contributed by atoms with E-state index in [-0.39, 0.29) is 11.9 Å². The van der Waals surface area contributed by atoms with Crippen molar-refractivity contribution >= 4 is 5.97 Å². The maximum atomic E-state index is 11.4. The highest BCUT2D eigenvalue weighted by molar-refractivity contribution is 5.75. The average Bonchev–Trinajstić information content (AvgIpc) is 2.03. The Morgan fingerprint density at radius 2 is 1.64 bits per heavy atom. The van der Waals surface area contributed by atoms with Crippen LogP contribution in [-0.4, -0.2) is 18.6 Å². The van der Waals surface area contributed by atoms with Crippen molar-refractivity contribution in [3.05, 3.63) is 0 Å². The van der Waals surface area contributed by atoms with Gasteiger partial charge in [0.1, 0.15) is 6.04 Å². The van der Waals surface area contributed by atoms with Crippen molar-refractivity contribution in [1.29, 1.82) is 0 Å². The molecule has 14 heavy (non-hydrogen) atoms. The third kappa shape index (κ3) is 3.66. The monoisotopic (exact) mass is 201 g/mol. The van der Waals surface area contributed by atoms with Gasteiger partial charge in [-0.1, -0.05) is 27.7 Å². The molecule has 0 bridgehead atoms. The highest BCUT2D eigenvalue weighted by Gasteiger charge is 2.30. The molecule has 0 aliphatic rings. The van der Waals surface area contributed by atoms with Gasteiger partial charge in [-0.25, -0.2) is 0 Å². The van der Waals surface area contributed by atoms with E-state index in [0.29, 0.717) is 18.4 Å². The number of carbonyl (C=O) groups is 1. The van der Waals surface area contributed by atoms with Crippen LogP contribution in [0.4, 0.5) is 0 Å². The van der Waals surface area contributed by atoms with Gasteiger partial charge in [0.25, 0.3) is 0 Å². The van der Waals surface area contributed by atoms with Gasteiger partial charge in [0, 0.05) is 0 Å². The quantitative estimate of drug-likeness (QED) is 0.690. The van der Waals surface area contributed by atoms with Crippen molar-refractivity contribution < 1.29 is 9.53 Å². The lowest BCUT2D eigenvalue weighted by molar-refractivity contribution is -0.147. The molecule has 3 nitrogen and oxygen atoms in total. The van der Waals surface area contributed by atoms with Crippen LogP contribution in [-0.2, 0) is 9.53 Å². The number of ether oxygens (including phenoxy) is 1. The van der Waals surface area contributed by atoms with Gasteiger partial charge in [-0.15, -0.1) is 0 Å². The van der Waals surface area contributed by atoms with Gasteiger partial charge >= 0.3 is 5.97 Å². The smallest absolute Gasteiger partial charge is 0.323 e. The minimum Gasteiger partial charge on any atom is -0.465 e. The highest BCUT2D eigenvalue weighted by Crippen LogP contribution is 2.23. The Morgan fingerprint density at radius 3 is 1.93 bits per heavy atom. The molecule has 0 aliphatic heterocycles. The summed E-state index contributed by atoms with van der Waals surface area (Å²) in [6.45, 7) is 10.5. The van der Waals surface area contributed by atoms with Crippen LogP contribution in [0, 0.1) is 17.8 Å². The fraction of sp³-hybridized carbons (Fsp3) is 0.909. The number of esters is 1. The molecular weight excluding hydrogens is 178 g/mol. The van der Waals surface area contributed by atoms with Crippen LogP contribution in [0.1, 0.15) is 34.6 Å². The van der Waals surface area contributed by atoms with Crippen LogP contribution in [0.5, 0.6) is 0 Å². The summed E-state index contributed by atoms with van der Waals surface area (Å²) in [5, 5.41) is 0. The average molecular weight is 201 g/mol. The zero-order valence-electron chi connectivity index (χ0n) is 9.91. The molecule has 0 radical (unpaired) electrons. The highest BCUT2D eigenvalue weighted by atomic mass is 16.5. The molecule has 0 saturated carbocycles. The van der Waals surface area contributed by atoms with E-state index in [2.05, 4.69) is 27.7 Å². The second-order valence-electron chi connectivity index (χ2n) is 4.34. The van der Waals surface area contributed by atoms with Gasteiger partial charge in [-0.05, 0) is 24.7 Å². The topological polar surface area (TPSA) is 52.3 Å². The third-order valence-electron chi connectivity index (χ3n) is 2.51. The van der Waals surface area contributed by atoms with E-state index < -0.39 is 6.04 Å². The Bertz CT molecular complexity index is 170. The van der Waals surface area contributed by atoms with Gasteiger partial charge in [0.2, 0.25) is 0 Å². The second kappa shape index (κ2) is 6.02. The molecule has 3 heteroatoms. The van der Waals surface area contributed by atoms with E-state index in [4.69, 9.17) is 10.5 Å². The third-order valence-corrected chi connectivity index (χ3v) is 2.51. The van der Waals surface area contributed by atoms with Crippen molar-refractivity contribution in [2.45, 2.75) is 40.7 Å². The van der Waals surface area contributed by atoms with E-state index in [9.17, 15) is 4.79 Å². The van der Waals surface area contributed by atoms with Crippen LogP contribution in [0.15, 0.2) is 0 Å². The largest absolute Gasteiger partial charge is 0.465 e. The summed E-state index contributed by atoms with van der Waals surface area (Å²) in [4.78, 5) is 11.4. The summed E-state index contributed by atoms with van der Waals surface area (Å²) in [6.07, 6.45) is 0. The van der Waals surface area contributed by atoms with Crippen LogP contribution >= 0.6 is 0 Å². The minimum atomic E-state index is -0.491. The molecular formula is C11H23NO2. The molecule has 1 unspecified atom stereocenters. The van der Waals surface area contributed by atoms with Crippen molar-refractivity contribution in [2.75, 3.05) is 6.61 Å². The number of hydrogen-bond donors (Lipinski definition) is 1. The van der Waals surface area contributed by atoms with Gasteiger partial charge in [-0.3, -0.25) is 4.79 Å². The molecule has 0 aliphatic carbocycles. The van der Waals surface area contributed by atoms with Gasteiger partial charge < -0.3 is 10.5 Å². The standard InChI is InChI=1S/C11H23NO2/c1-6-14-11(13)10(12)9(7(2)3)8(4)5/h7-10H,6,12H2,1-5H3. The Labute approximate surface area is 87.0 Å². The molecule has 1 atom stereocenters. The lowest BCUT2D eigenvalue weighted by Gasteiger charge is -2.29. The van der Waals surface area contributed by atoms with Crippen LogP contribution < -0.4 is 5.73 Å². The summed E-state index contributed by atoms with van der Waals surface area (Å²) in [5.41, 5.74) is 5.87. The van der Waals surface area contributed by atoms with E-state index in [1.165, 1.54) is 0 Å². The van der Waals surface area contributed by atoms with Crippen LogP contribution in [0.3, 0.4) is 0 Å². The zero-order valence-corrected chi connectivity index (χ0v) is 9.91. The first-order chi connectivity index (χ1) is 6.41. The maximum absolute atomic E-state index is 11.4. The molecule has 0 rings (SSSR count). The first-order valence-corrected chi connectivity index (χ1v) is 5.34. The van der Waals surface area contributed by atoms with Crippen molar-refractivity contribution in [2.24, 2.45) is 23.5 Å². The van der Waals surface area contributed by atoms with Gasteiger partial charge in [0.15, 0.2) is 0 Å². The molecule has 84 valence electrons. The molecule has 0 amide bonds. The molecule has 0 saturated heterocycles. The fourth-order valence-electron chi connectivity index (χ4n) is 1.99. The first-order valence-electron chi connectivity index (χ1n) is 5.34. The van der Waals surface area contributed by atoms with E-state index in [1.807, 2.05) is 0 Å². The lowest BCUT2D eigenvalue weighted by atomic mass is 9.80. The normalized spacial score (nSPS) is 13.8. The summed E-state index contributed by atoms with van der Waals surface area (Å²) in [7, 11) is 0. The molecule has 0 aromatic heterocycles. The van der Waals surface area contributed by atoms with Gasteiger partial charge in [0.05, 0.1) is 6.61 Å². The summed E-state index contributed by atoms with van der Waals surface area (Å²) >= 11 is 0. The summed E-state index contributed by atoms with van der Waals surface area (Å²) in [6, 6.07) is -0.491. The molecule has 0 fully saturated rings. The van der Waals surface area contributed by atoms with E-state index in [0.717, 1.165) is 0 Å². The number of nitrogens with two attached hydrogens (primary N) is 1. The number of carbonyl (C=O) groups excluding carboxylic acids is 1. The Balaban J connectivity index is 4.43. The second-order valence-corrected chi connectivity index (χ2v) is 4.34. The van der Waals surface area contributed by atoms with E-state index >= 15 is 0 Å². The number of rotatable bonds is 5. The molecule has 0 heterocycles. The first kappa shape index (κ1) is 13.4. The van der Waals surface area contributed by atoms with Gasteiger partial charge in [-0.2, -0.15) is 0 Å². The summed E-state index contributed by atoms with van der Waals surface area (Å²) < 4.78 is 4.92. The minimum absolute atomic E-state index is 0.189. The number of hydrogen-bond acceptors (Lipinski definition) is 3. The van der Waals surface area contributed by atoms with Crippen molar-refractivity contribution in [3.63, 3.8) is 0 Å². The van der Waals surface area contributed by atoms with Crippen LogP contribution in [0.25, 0.3) is 0 Å².